The molecule has 0 unspecified atom stereocenters. The van der Waals surface area contributed by atoms with Gasteiger partial charge in [0.25, 0.3) is 0 Å². The molecule has 1 saturated heterocycles. The van der Waals surface area contributed by atoms with E-state index in [2.05, 4.69) is 63.0 Å². The molecule has 1 aliphatic heterocycles. The predicted octanol–water partition coefficient (Wildman–Crippen LogP) is 3.29. The van der Waals surface area contributed by atoms with Gasteiger partial charge >= 0.3 is 0 Å². The van der Waals surface area contributed by atoms with Crippen molar-refractivity contribution in [3.8, 4) is 11.3 Å². The highest BCUT2D eigenvalue weighted by molar-refractivity contribution is 5.91. The Kier molecular flexibility index (Phi) is 8.34. The lowest BCUT2D eigenvalue weighted by molar-refractivity contribution is 0.109. The van der Waals surface area contributed by atoms with Crippen molar-refractivity contribution in [1.82, 2.24) is 29.5 Å². The van der Waals surface area contributed by atoms with E-state index >= 15 is 0 Å². The Labute approximate surface area is 219 Å². The number of hydrogen-bond donors (Lipinski definition) is 3. The van der Waals surface area contributed by atoms with Gasteiger partial charge in [0.15, 0.2) is 5.65 Å². The SMILES string of the molecule is CCC[C@H](CO)Nc1ncc2c(-c3ccc(CN4CCN(C)CC4)cc3)nn([C@H]3CC[C@H](O)CC3)c2n1. The molecule has 5 rings (SSSR count). The molecule has 37 heavy (non-hydrogen) atoms. The van der Waals surface area contributed by atoms with Crippen molar-refractivity contribution in [2.45, 2.75) is 70.2 Å². The second-order valence-corrected chi connectivity index (χ2v) is 10.8. The van der Waals surface area contributed by atoms with Crippen LogP contribution >= 0.6 is 0 Å². The lowest BCUT2D eigenvalue weighted by Gasteiger charge is -2.32. The summed E-state index contributed by atoms with van der Waals surface area (Å²) in [7, 11) is 2.18. The van der Waals surface area contributed by atoms with Crippen LogP contribution in [0.15, 0.2) is 30.5 Å². The van der Waals surface area contributed by atoms with Gasteiger partial charge < -0.3 is 20.4 Å². The molecule has 0 radical (unpaired) electrons. The maximum Gasteiger partial charge on any atom is 0.225 e. The van der Waals surface area contributed by atoms with E-state index < -0.39 is 0 Å². The Hall–Kier alpha value is -2.59. The summed E-state index contributed by atoms with van der Waals surface area (Å²) in [5.41, 5.74) is 4.08. The quantitative estimate of drug-likeness (QED) is 0.406. The zero-order valence-corrected chi connectivity index (χ0v) is 22.2. The van der Waals surface area contributed by atoms with E-state index in [4.69, 9.17) is 10.1 Å². The predicted molar refractivity (Wildman–Crippen MR) is 146 cm³/mol. The summed E-state index contributed by atoms with van der Waals surface area (Å²) in [6.07, 6.45) is 6.77. The van der Waals surface area contributed by atoms with Crippen molar-refractivity contribution in [3.63, 3.8) is 0 Å². The third-order valence-corrected chi connectivity index (χ3v) is 7.88. The maximum atomic E-state index is 10.1. The van der Waals surface area contributed by atoms with Crippen LogP contribution in [0, 0.1) is 0 Å². The van der Waals surface area contributed by atoms with Crippen LogP contribution in [0.3, 0.4) is 0 Å². The van der Waals surface area contributed by atoms with Crippen LogP contribution < -0.4 is 5.32 Å². The van der Waals surface area contributed by atoms with Crippen LogP contribution in [0.4, 0.5) is 5.95 Å². The zero-order valence-electron chi connectivity index (χ0n) is 22.2. The fourth-order valence-electron chi connectivity index (χ4n) is 5.54. The molecule has 1 aliphatic carbocycles. The first kappa shape index (κ1) is 26.0. The number of benzene rings is 1. The van der Waals surface area contributed by atoms with E-state index in [9.17, 15) is 10.2 Å². The van der Waals surface area contributed by atoms with Crippen LogP contribution in [0.25, 0.3) is 22.3 Å². The molecular weight excluding hydrogens is 466 g/mol. The first-order valence-electron chi connectivity index (χ1n) is 13.8. The molecular formula is C28H41N7O2. The summed E-state index contributed by atoms with van der Waals surface area (Å²) < 4.78 is 2.05. The molecule has 1 aromatic carbocycles. The Morgan fingerprint density at radius 1 is 1.05 bits per heavy atom. The molecule has 9 nitrogen and oxygen atoms in total. The third-order valence-electron chi connectivity index (χ3n) is 7.88. The minimum atomic E-state index is -0.225. The molecule has 200 valence electrons. The molecule has 1 saturated carbocycles. The monoisotopic (exact) mass is 507 g/mol. The molecule has 0 amide bonds. The second kappa shape index (κ2) is 11.9. The summed E-state index contributed by atoms with van der Waals surface area (Å²) in [5, 5.41) is 29.1. The highest BCUT2D eigenvalue weighted by Crippen LogP contribution is 2.34. The number of piperazine rings is 1. The molecule has 2 fully saturated rings. The summed E-state index contributed by atoms with van der Waals surface area (Å²) >= 11 is 0. The van der Waals surface area contributed by atoms with Gasteiger partial charge in [-0.2, -0.15) is 10.1 Å². The maximum absolute atomic E-state index is 10.1. The van der Waals surface area contributed by atoms with Crippen LogP contribution in [-0.2, 0) is 6.54 Å². The molecule has 3 aromatic rings. The molecule has 1 atom stereocenters. The Bertz CT molecular complexity index is 1150. The standard InChI is InChI=1S/C28H41N7O2/c1-3-4-22(19-36)30-28-29-17-25-26(32-35(27(25)31-28)23-9-11-24(37)12-10-23)21-7-5-20(6-8-21)18-34-15-13-33(2)14-16-34/h5-8,17,22-24,36-37H,3-4,9-16,18-19H2,1-2H3,(H,29,30,31)/t22-,23-,24-/m1/s1. The van der Waals surface area contributed by atoms with Gasteiger partial charge in [-0.05, 0) is 44.7 Å². The van der Waals surface area contributed by atoms with Crippen molar-refractivity contribution in [1.29, 1.82) is 0 Å². The number of hydrogen-bond acceptors (Lipinski definition) is 8. The number of likely N-dealkylation sites (N-methyl/N-ethyl adjacent to an activating group) is 1. The number of rotatable bonds is 9. The lowest BCUT2D eigenvalue weighted by Crippen LogP contribution is -2.43. The van der Waals surface area contributed by atoms with Crippen LogP contribution in [0.5, 0.6) is 0 Å². The highest BCUT2D eigenvalue weighted by atomic mass is 16.3. The van der Waals surface area contributed by atoms with E-state index in [-0.39, 0.29) is 24.8 Å². The zero-order chi connectivity index (χ0) is 25.8. The first-order chi connectivity index (χ1) is 18.0. The van der Waals surface area contributed by atoms with Gasteiger partial charge in [0.05, 0.1) is 30.2 Å². The molecule has 3 heterocycles. The van der Waals surface area contributed by atoms with Crippen molar-refractivity contribution < 1.29 is 10.2 Å². The number of nitrogens with one attached hydrogen (secondary N) is 1. The summed E-state index contributed by atoms with van der Waals surface area (Å²) in [6, 6.07) is 8.87. The number of aromatic nitrogens is 4. The Morgan fingerprint density at radius 3 is 2.46 bits per heavy atom. The Balaban J connectivity index is 1.43. The summed E-state index contributed by atoms with van der Waals surface area (Å²) in [5.74, 6) is 0.520. The Morgan fingerprint density at radius 2 is 1.78 bits per heavy atom. The minimum Gasteiger partial charge on any atom is -0.394 e. The molecule has 2 aliphatic rings. The molecule has 0 spiro atoms. The first-order valence-corrected chi connectivity index (χ1v) is 13.8. The van der Waals surface area contributed by atoms with Crippen molar-refractivity contribution in [2.24, 2.45) is 0 Å². The number of anilines is 1. The number of aliphatic hydroxyl groups excluding tert-OH is 2. The van der Waals surface area contributed by atoms with E-state index in [1.54, 1.807) is 0 Å². The van der Waals surface area contributed by atoms with E-state index in [1.807, 2.05) is 6.20 Å². The fourth-order valence-corrected chi connectivity index (χ4v) is 5.54. The average Bonchev–Trinajstić information content (AvgIpc) is 3.29. The largest absolute Gasteiger partial charge is 0.394 e. The van der Waals surface area contributed by atoms with Gasteiger partial charge in [0.1, 0.15) is 5.69 Å². The molecule has 3 N–H and O–H groups in total. The third kappa shape index (κ3) is 6.12. The van der Waals surface area contributed by atoms with Gasteiger partial charge in [0.2, 0.25) is 5.95 Å². The topological polar surface area (TPSA) is 103 Å². The van der Waals surface area contributed by atoms with Gasteiger partial charge in [-0.25, -0.2) is 9.67 Å². The van der Waals surface area contributed by atoms with Gasteiger partial charge in [0, 0.05) is 44.5 Å². The lowest BCUT2D eigenvalue weighted by atomic mass is 9.93. The number of nitrogens with zero attached hydrogens (tertiary/aromatic N) is 6. The average molecular weight is 508 g/mol. The highest BCUT2D eigenvalue weighted by Gasteiger charge is 2.26. The normalized spacial score (nSPS) is 22.4. The van der Waals surface area contributed by atoms with Gasteiger partial charge in [-0.15, -0.1) is 0 Å². The van der Waals surface area contributed by atoms with Crippen molar-refractivity contribution >= 4 is 17.0 Å². The van der Waals surface area contributed by atoms with Gasteiger partial charge in [-0.3, -0.25) is 4.90 Å². The summed E-state index contributed by atoms with van der Waals surface area (Å²) in [6.45, 7) is 7.56. The molecule has 2 aromatic heterocycles. The minimum absolute atomic E-state index is 0.0424. The van der Waals surface area contributed by atoms with E-state index in [1.165, 1.54) is 5.56 Å². The van der Waals surface area contributed by atoms with Crippen LogP contribution in [0.1, 0.15) is 57.1 Å². The summed E-state index contributed by atoms with van der Waals surface area (Å²) in [4.78, 5) is 14.4. The van der Waals surface area contributed by atoms with E-state index in [0.29, 0.717) is 5.95 Å². The van der Waals surface area contributed by atoms with Gasteiger partial charge in [-0.1, -0.05) is 37.6 Å². The molecule has 9 heteroatoms. The van der Waals surface area contributed by atoms with Crippen molar-refractivity contribution in [3.05, 3.63) is 36.0 Å². The fraction of sp³-hybridized carbons (Fsp3) is 0.607. The number of aliphatic hydroxyl groups is 2. The number of fused-ring (bicyclic) bond motifs is 1. The smallest absolute Gasteiger partial charge is 0.225 e. The second-order valence-electron chi connectivity index (χ2n) is 10.8. The van der Waals surface area contributed by atoms with E-state index in [0.717, 1.165) is 93.5 Å². The van der Waals surface area contributed by atoms with Crippen molar-refractivity contribution in [2.75, 3.05) is 45.2 Å². The molecule has 0 bridgehead atoms. The van der Waals surface area contributed by atoms with Crippen LogP contribution in [0.2, 0.25) is 0 Å². The van der Waals surface area contributed by atoms with Crippen LogP contribution in [-0.4, -0.2) is 91.7 Å².